The number of phenols is 1. The summed E-state index contributed by atoms with van der Waals surface area (Å²) in [5.74, 6) is -0.0924. The number of ketones is 1. The Labute approximate surface area is 86.1 Å². The summed E-state index contributed by atoms with van der Waals surface area (Å²) in [6.45, 7) is 1.40. The molecule has 0 radical (unpaired) electrons. The Kier molecular flexibility index (Phi) is 2.25. The molecule has 0 aliphatic carbocycles. The van der Waals surface area contributed by atoms with Crippen LogP contribution < -0.4 is 0 Å². The van der Waals surface area contributed by atoms with Crippen LogP contribution in [0.4, 0.5) is 0 Å². The van der Waals surface area contributed by atoms with Crippen LogP contribution in [0.15, 0.2) is 35.1 Å². The summed E-state index contributed by atoms with van der Waals surface area (Å²) < 4.78 is 4.73. The first-order chi connectivity index (χ1) is 7.20. The van der Waals surface area contributed by atoms with E-state index in [-0.39, 0.29) is 17.2 Å². The Morgan fingerprint density at radius 1 is 1.33 bits per heavy atom. The van der Waals surface area contributed by atoms with Crippen LogP contribution in [0.5, 0.6) is 5.75 Å². The van der Waals surface area contributed by atoms with Gasteiger partial charge in [-0.2, -0.15) is 0 Å². The Balaban J connectivity index is 2.59. The van der Waals surface area contributed by atoms with E-state index in [0.29, 0.717) is 11.1 Å². The van der Waals surface area contributed by atoms with Gasteiger partial charge in [-0.3, -0.25) is 4.79 Å². The van der Waals surface area contributed by atoms with Crippen LogP contribution in [0, 0.1) is 0 Å². The Hall–Kier alpha value is -2.10. The molecule has 1 aromatic heterocycles. The number of rotatable bonds is 2. The highest BCUT2D eigenvalue weighted by Gasteiger charge is 2.16. The van der Waals surface area contributed by atoms with Crippen LogP contribution in [-0.4, -0.2) is 16.0 Å². The van der Waals surface area contributed by atoms with E-state index in [4.69, 9.17) is 4.52 Å². The third-order valence-corrected chi connectivity index (χ3v) is 2.10. The topological polar surface area (TPSA) is 63.3 Å². The maximum atomic E-state index is 11.2. The van der Waals surface area contributed by atoms with Gasteiger partial charge in [0.25, 0.3) is 0 Å². The molecule has 0 amide bonds. The summed E-state index contributed by atoms with van der Waals surface area (Å²) >= 11 is 0. The Morgan fingerprint density at radius 2 is 2.07 bits per heavy atom. The van der Waals surface area contributed by atoms with Crippen molar-refractivity contribution in [3.63, 3.8) is 0 Å². The molecular formula is C11H9NO3. The molecule has 4 nitrogen and oxygen atoms in total. The summed E-state index contributed by atoms with van der Waals surface area (Å²) in [7, 11) is 0. The van der Waals surface area contributed by atoms with E-state index in [1.165, 1.54) is 13.2 Å². The minimum atomic E-state index is -0.193. The van der Waals surface area contributed by atoms with Gasteiger partial charge in [0, 0.05) is 12.5 Å². The molecule has 0 aliphatic heterocycles. The van der Waals surface area contributed by atoms with Crippen LogP contribution in [0.2, 0.25) is 0 Å². The van der Waals surface area contributed by atoms with Crippen molar-refractivity contribution in [3.8, 4) is 16.9 Å². The monoisotopic (exact) mass is 203 g/mol. The first-order valence-corrected chi connectivity index (χ1v) is 4.44. The van der Waals surface area contributed by atoms with Gasteiger partial charge in [0.15, 0.2) is 11.5 Å². The van der Waals surface area contributed by atoms with E-state index in [1.54, 1.807) is 24.3 Å². The summed E-state index contributed by atoms with van der Waals surface area (Å²) in [6, 6.07) is 6.73. The van der Waals surface area contributed by atoms with Gasteiger partial charge in [0.05, 0.1) is 5.56 Å². The lowest BCUT2D eigenvalue weighted by atomic mass is 10.0. The lowest BCUT2D eigenvalue weighted by molar-refractivity contribution is 0.101. The van der Waals surface area contributed by atoms with Crippen molar-refractivity contribution in [2.45, 2.75) is 6.92 Å². The number of hydrogen-bond donors (Lipinski definition) is 1. The molecule has 4 heteroatoms. The normalized spacial score (nSPS) is 10.2. The van der Waals surface area contributed by atoms with Gasteiger partial charge < -0.3 is 9.63 Å². The van der Waals surface area contributed by atoms with Crippen molar-refractivity contribution in [1.82, 2.24) is 5.16 Å². The molecule has 76 valence electrons. The first kappa shape index (κ1) is 9.45. The third-order valence-electron chi connectivity index (χ3n) is 2.10. The zero-order valence-corrected chi connectivity index (χ0v) is 8.10. The molecule has 1 heterocycles. The van der Waals surface area contributed by atoms with E-state index in [1.807, 2.05) is 0 Å². The Morgan fingerprint density at radius 3 is 2.73 bits per heavy atom. The first-order valence-electron chi connectivity index (χ1n) is 4.44. The molecule has 2 rings (SSSR count). The zero-order chi connectivity index (χ0) is 10.8. The highest BCUT2D eigenvalue weighted by atomic mass is 16.5. The number of phenolic OH excluding ortho intramolecular Hbond substituents is 1. The molecule has 0 aliphatic rings. The molecule has 0 bridgehead atoms. The summed E-state index contributed by atoms with van der Waals surface area (Å²) in [5, 5.41) is 13.2. The molecule has 1 N–H and O–H groups in total. The van der Waals surface area contributed by atoms with Crippen molar-refractivity contribution in [1.29, 1.82) is 0 Å². The van der Waals surface area contributed by atoms with Crippen molar-refractivity contribution >= 4 is 5.78 Å². The minimum absolute atomic E-state index is 0.100. The van der Waals surface area contributed by atoms with Crippen LogP contribution >= 0.6 is 0 Å². The summed E-state index contributed by atoms with van der Waals surface area (Å²) in [6.07, 6.45) is 1.35. The van der Waals surface area contributed by atoms with Crippen molar-refractivity contribution < 1.29 is 14.4 Å². The van der Waals surface area contributed by atoms with Gasteiger partial charge >= 0.3 is 0 Å². The number of carbonyl (C=O) groups is 1. The highest BCUT2D eigenvalue weighted by molar-refractivity contribution is 5.99. The van der Waals surface area contributed by atoms with E-state index in [2.05, 4.69) is 5.16 Å². The van der Waals surface area contributed by atoms with Gasteiger partial charge in [-0.25, -0.2) is 0 Å². The second kappa shape index (κ2) is 3.57. The van der Waals surface area contributed by atoms with Gasteiger partial charge in [-0.1, -0.05) is 23.4 Å². The standard InChI is InChI=1S/C11H9NO3/c1-7(13)11-9(6-15-12-11)8-4-2-3-5-10(8)14/h2-6,14H,1H3. The number of para-hydroxylation sites is 1. The molecule has 0 atom stereocenters. The average molecular weight is 203 g/mol. The van der Waals surface area contributed by atoms with Gasteiger partial charge in [-0.15, -0.1) is 0 Å². The molecule has 0 unspecified atom stereocenters. The maximum Gasteiger partial charge on any atom is 0.182 e. The molecule has 15 heavy (non-hydrogen) atoms. The number of aromatic hydroxyl groups is 1. The van der Waals surface area contributed by atoms with Gasteiger partial charge in [0.2, 0.25) is 0 Å². The zero-order valence-electron chi connectivity index (χ0n) is 8.10. The second-order valence-electron chi connectivity index (χ2n) is 3.15. The van der Waals surface area contributed by atoms with Crippen LogP contribution in [0.3, 0.4) is 0 Å². The highest BCUT2D eigenvalue weighted by Crippen LogP contribution is 2.30. The molecule has 0 saturated heterocycles. The number of hydrogen-bond acceptors (Lipinski definition) is 4. The smallest absolute Gasteiger partial charge is 0.182 e. The van der Waals surface area contributed by atoms with Crippen LogP contribution in [-0.2, 0) is 0 Å². The quantitative estimate of drug-likeness (QED) is 0.760. The Bertz CT molecular complexity index is 502. The van der Waals surface area contributed by atoms with E-state index < -0.39 is 0 Å². The SMILES string of the molecule is CC(=O)c1nocc1-c1ccccc1O. The number of Topliss-reactive ketones (excluding diaryl/α,β-unsaturated/α-hetero) is 1. The van der Waals surface area contributed by atoms with Crippen LogP contribution in [0.25, 0.3) is 11.1 Å². The lowest BCUT2D eigenvalue weighted by Gasteiger charge is -2.01. The van der Waals surface area contributed by atoms with Gasteiger partial charge in [-0.05, 0) is 6.07 Å². The van der Waals surface area contributed by atoms with Crippen molar-refractivity contribution in [2.24, 2.45) is 0 Å². The van der Waals surface area contributed by atoms with E-state index >= 15 is 0 Å². The summed E-state index contributed by atoms with van der Waals surface area (Å²) in [5.41, 5.74) is 1.29. The molecule has 1 aromatic carbocycles. The molecular weight excluding hydrogens is 194 g/mol. The largest absolute Gasteiger partial charge is 0.507 e. The second-order valence-corrected chi connectivity index (χ2v) is 3.15. The predicted molar refractivity (Wildman–Crippen MR) is 53.6 cm³/mol. The van der Waals surface area contributed by atoms with E-state index in [9.17, 15) is 9.90 Å². The minimum Gasteiger partial charge on any atom is -0.507 e. The van der Waals surface area contributed by atoms with E-state index in [0.717, 1.165) is 0 Å². The fraction of sp³-hybridized carbons (Fsp3) is 0.0909. The predicted octanol–water partition coefficient (Wildman–Crippen LogP) is 2.25. The molecule has 0 saturated carbocycles. The van der Waals surface area contributed by atoms with Gasteiger partial charge in [0.1, 0.15) is 12.0 Å². The molecule has 2 aromatic rings. The number of nitrogens with zero attached hydrogens (tertiary/aromatic N) is 1. The number of carbonyl (C=O) groups excluding carboxylic acids is 1. The molecule has 0 fully saturated rings. The average Bonchev–Trinajstić information content (AvgIpc) is 2.67. The summed E-state index contributed by atoms with van der Waals surface area (Å²) in [4.78, 5) is 11.2. The van der Waals surface area contributed by atoms with Crippen LogP contribution in [0.1, 0.15) is 17.4 Å². The fourth-order valence-corrected chi connectivity index (χ4v) is 1.38. The lowest BCUT2D eigenvalue weighted by Crippen LogP contribution is -1.94. The number of aromatic nitrogens is 1. The molecule has 0 spiro atoms. The van der Waals surface area contributed by atoms with Crippen molar-refractivity contribution in [2.75, 3.05) is 0 Å². The fourth-order valence-electron chi connectivity index (χ4n) is 1.38. The maximum absolute atomic E-state index is 11.2. The third kappa shape index (κ3) is 1.61. The van der Waals surface area contributed by atoms with Crippen molar-refractivity contribution in [3.05, 3.63) is 36.2 Å². The number of benzene rings is 1.